The second-order valence-corrected chi connectivity index (χ2v) is 4.84. The number of nitrogens with one attached hydrogen (secondary N) is 1. The maximum atomic E-state index is 12.0. The van der Waals surface area contributed by atoms with Gasteiger partial charge in [-0.2, -0.15) is 5.26 Å². The van der Waals surface area contributed by atoms with Crippen LogP contribution in [0.15, 0.2) is 60.5 Å². The number of hydrogen-bond acceptors (Lipinski definition) is 5. The molecule has 1 amide bonds. The van der Waals surface area contributed by atoms with Gasteiger partial charge in [-0.1, -0.05) is 24.3 Å². The second-order valence-electron chi connectivity index (χ2n) is 4.84. The van der Waals surface area contributed by atoms with E-state index in [9.17, 15) is 15.0 Å². The summed E-state index contributed by atoms with van der Waals surface area (Å²) in [4.78, 5) is 15.9. The summed E-state index contributed by atoms with van der Waals surface area (Å²) in [6, 6.07) is 9.73. The van der Waals surface area contributed by atoms with Crippen LogP contribution in [0, 0.1) is 11.3 Å². The second kappa shape index (κ2) is 8.15. The maximum absolute atomic E-state index is 12.0. The molecule has 6 heteroatoms. The van der Waals surface area contributed by atoms with Crippen LogP contribution in [-0.4, -0.2) is 21.1 Å². The highest BCUT2D eigenvalue weighted by Crippen LogP contribution is 2.25. The first kappa shape index (κ1) is 16.8. The zero-order chi connectivity index (χ0) is 17.4. The predicted octanol–water partition coefficient (Wildman–Crippen LogP) is 2.27. The number of phenols is 2. The van der Waals surface area contributed by atoms with E-state index in [1.165, 1.54) is 24.3 Å². The van der Waals surface area contributed by atoms with Crippen molar-refractivity contribution in [3.05, 3.63) is 71.6 Å². The Kier molecular flexibility index (Phi) is 5.70. The van der Waals surface area contributed by atoms with Crippen molar-refractivity contribution in [3.8, 4) is 17.6 Å². The SMILES string of the molecule is N#C/C(=C\C=C\c1ccc(O)c(O)c1)C(=O)NCc1cccnc1. The molecule has 0 aliphatic heterocycles. The third kappa shape index (κ3) is 4.71. The van der Waals surface area contributed by atoms with Gasteiger partial charge in [0.25, 0.3) is 5.91 Å². The Morgan fingerprint density at radius 2 is 2.12 bits per heavy atom. The molecule has 0 unspecified atom stereocenters. The molecule has 1 aromatic heterocycles. The predicted molar refractivity (Wildman–Crippen MR) is 88.6 cm³/mol. The molecule has 3 N–H and O–H groups in total. The largest absolute Gasteiger partial charge is 0.504 e. The number of amides is 1. The Labute approximate surface area is 139 Å². The maximum Gasteiger partial charge on any atom is 0.262 e. The zero-order valence-electron chi connectivity index (χ0n) is 12.7. The fourth-order valence-corrected chi connectivity index (χ4v) is 1.84. The summed E-state index contributed by atoms with van der Waals surface area (Å²) < 4.78 is 0. The van der Waals surface area contributed by atoms with Crippen molar-refractivity contribution in [2.24, 2.45) is 0 Å². The lowest BCUT2D eigenvalue weighted by Gasteiger charge is -2.03. The highest BCUT2D eigenvalue weighted by molar-refractivity contribution is 5.97. The molecule has 24 heavy (non-hydrogen) atoms. The number of nitriles is 1. The number of allylic oxidation sites excluding steroid dienone is 2. The smallest absolute Gasteiger partial charge is 0.262 e. The van der Waals surface area contributed by atoms with Crippen LogP contribution >= 0.6 is 0 Å². The average Bonchev–Trinajstić information content (AvgIpc) is 2.60. The fourth-order valence-electron chi connectivity index (χ4n) is 1.84. The standard InChI is InChI=1S/C18H15N3O3/c19-10-15(18(24)21-12-14-4-2-8-20-11-14)5-1-3-13-6-7-16(22)17(23)9-13/h1-9,11,22-23H,12H2,(H,21,24)/b3-1+,15-5+. The number of rotatable bonds is 5. The van der Waals surface area contributed by atoms with Crippen LogP contribution in [-0.2, 0) is 11.3 Å². The molecule has 1 heterocycles. The molecular formula is C18H15N3O3. The van der Waals surface area contributed by atoms with Gasteiger partial charge in [0.1, 0.15) is 11.6 Å². The number of nitrogens with zero attached hydrogens (tertiary/aromatic N) is 2. The molecule has 2 rings (SSSR count). The van der Waals surface area contributed by atoms with Crippen LogP contribution in [0.2, 0.25) is 0 Å². The number of benzene rings is 1. The average molecular weight is 321 g/mol. The van der Waals surface area contributed by atoms with Gasteiger partial charge >= 0.3 is 0 Å². The lowest BCUT2D eigenvalue weighted by molar-refractivity contribution is -0.117. The first-order valence-electron chi connectivity index (χ1n) is 7.07. The summed E-state index contributed by atoms with van der Waals surface area (Å²) in [6.07, 6.45) is 7.77. The first-order valence-corrected chi connectivity index (χ1v) is 7.07. The third-order valence-corrected chi connectivity index (χ3v) is 3.09. The minimum absolute atomic E-state index is 0.0434. The van der Waals surface area contributed by atoms with Crippen LogP contribution < -0.4 is 5.32 Å². The number of carbonyl (C=O) groups is 1. The highest BCUT2D eigenvalue weighted by atomic mass is 16.3. The van der Waals surface area contributed by atoms with Crippen molar-refractivity contribution >= 4 is 12.0 Å². The number of pyridine rings is 1. The molecular weight excluding hydrogens is 306 g/mol. The van der Waals surface area contributed by atoms with Gasteiger partial charge in [0.15, 0.2) is 11.5 Å². The molecule has 0 aliphatic carbocycles. The third-order valence-electron chi connectivity index (χ3n) is 3.09. The molecule has 2 aromatic rings. The van der Waals surface area contributed by atoms with Crippen LogP contribution in [0.4, 0.5) is 0 Å². The van der Waals surface area contributed by atoms with Crippen molar-refractivity contribution in [2.75, 3.05) is 0 Å². The highest BCUT2D eigenvalue weighted by Gasteiger charge is 2.07. The molecule has 0 fully saturated rings. The summed E-state index contributed by atoms with van der Waals surface area (Å²) in [5.74, 6) is -0.939. The Morgan fingerprint density at radius 3 is 2.79 bits per heavy atom. The Hall–Kier alpha value is -3.59. The van der Waals surface area contributed by atoms with E-state index in [-0.39, 0.29) is 23.6 Å². The molecule has 0 radical (unpaired) electrons. The quantitative estimate of drug-likeness (QED) is 0.339. The van der Waals surface area contributed by atoms with Crippen molar-refractivity contribution in [1.29, 1.82) is 5.26 Å². The molecule has 120 valence electrons. The normalized spacial score (nSPS) is 11.2. The minimum atomic E-state index is -0.487. The van der Waals surface area contributed by atoms with E-state index >= 15 is 0 Å². The van der Waals surface area contributed by atoms with Gasteiger partial charge in [-0.15, -0.1) is 0 Å². The molecule has 0 saturated heterocycles. The van der Waals surface area contributed by atoms with Gasteiger partial charge < -0.3 is 15.5 Å². The van der Waals surface area contributed by atoms with Crippen LogP contribution in [0.5, 0.6) is 11.5 Å². The van der Waals surface area contributed by atoms with E-state index in [1.807, 2.05) is 12.1 Å². The van der Waals surface area contributed by atoms with E-state index in [2.05, 4.69) is 10.3 Å². The molecule has 0 spiro atoms. The van der Waals surface area contributed by atoms with Crippen molar-refractivity contribution in [2.45, 2.75) is 6.54 Å². The Morgan fingerprint density at radius 1 is 1.29 bits per heavy atom. The number of carbonyl (C=O) groups excluding carboxylic acids is 1. The molecule has 1 aromatic carbocycles. The summed E-state index contributed by atoms with van der Waals surface area (Å²) in [6.45, 7) is 0.279. The van der Waals surface area contributed by atoms with Crippen LogP contribution in [0.3, 0.4) is 0 Å². The monoisotopic (exact) mass is 321 g/mol. The molecule has 6 nitrogen and oxygen atoms in total. The Balaban J connectivity index is 2.00. The van der Waals surface area contributed by atoms with Gasteiger partial charge in [-0.05, 0) is 35.4 Å². The molecule has 0 bridgehead atoms. The van der Waals surface area contributed by atoms with Gasteiger partial charge in [-0.25, -0.2) is 0 Å². The summed E-state index contributed by atoms with van der Waals surface area (Å²) >= 11 is 0. The van der Waals surface area contributed by atoms with Crippen molar-refractivity contribution < 1.29 is 15.0 Å². The lowest BCUT2D eigenvalue weighted by Crippen LogP contribution is -2.23. The van der Waals surface area contributed by atoms with Gasteiger partial charge in [0, 0.05) is 18.9 Å². The molecule has 0 atom stereocenters. The molecule has 0 aliphatic rings. The number of aromatic nitrogens is 1. The van der Waals surface area contributed by atoms with Crippen LogP contribution in [0.1, 0.15) is 11.1 Å². The van der Waals surface area contributed by atoms with E-state index in [4.69, 9.17) is 5.26 Å². The number of phenolic OH excluding ortho intramolecular Hbond substituents is 2. The fraction of sp³-hybridized carbons (Fsp3) is 0.0556. The van der Waals surface area contributed by atoms with E-state index in [1.54, 1.807) is 30.6 Å². The first-order chi connectivity index (χ1) is 11.6. The van der Waals surface area contributed by atoms with Crippen molar-refractivity contribution in [3.63, 3.8) is 0 Å². The number of aromatic hydroxyl groups is 2. The topological polar surface area (TPSA) is 106 Å². The summed E-state index contributed by atoms with van der Waals surface area (Å²) in [7, 11) is 0. The van der Waals surface area contributed by atoms with Crippen LogP contribution in [0.25, 0.3) is 6.08 Å². The van der Waals surface area contributed by atoms with Gasteiger partial charge in [0.2, 0.25) is 0 Å². The molecule has 0 saturated carbocycles. The number of hydrogen-bond donors (Lipinski definition) is 3. The Bertz CT molecular complexity index is 821. The van der Waals surface area contributed by atoms with E-state index < -0.39 is 5.91 Å². The zero-order valence-corrected chi connectivity index (χ0v) is 12.7. The summed E-state index contributed by atoms with van der Waals surface area (Å²) in [5.41, 5.74) is 1.41. The van der Waals surface area contributed by atoms with Crippen molar-refractivity contribution in [1.82, 2.24) is 10.3 Å². The minimum Gasteiger partial charge on any atom is -0.504 e. The summed E-state index contributed by atoms with van der Waals surface area (Å²) in [5, 5.41) is 30.3. The van der Waals surface area contributed by atoms with Gasteiger partial charge in [0.05, 0.1) is 0 Å². The van der Waals surface area contributed by atoms with Gasteiger partial charge in [-0.3, -0.25) is 9.78 Å². The van der Waals surface area contributed by atoms with E-state index in [0.29, 0.717) is 5.56 Å². The van der Waals surface area contributed by atoms with E-state index in [0.717, 1.165) is 5.56 Å². The lowest BCUT2D eigenvalue weighted by atomic mass is 10.1.